The smallest absolute Gasteiger partial charge is 0.164 e. The Hall–Kier alpha value is -1.97. The van der Waals surface area contributed by atoms with E-state index in [9.17, 15) is 9.90 Å². The Kier molecular flexibility index (Phi) is 6.00. The fourth-order valence-electron chi connectivity index (χ4n) is 3.85. The second kappa shape index (κ2) is 8.41. The number of benzene rings is 2. The first-order valence-electron chi connectivity index (χ1n) is 9.18. The second-order valence-electron chi connectivity index (χ2n) is 7.06. The van der Waals surface area contributed by atoms with Crippen LogP contribution in [0.4, 0.5) is 0 Å². The molecule has 3 atom stereocenters. The van der Waals surface area contributed by atoms with Gasteiger partial charge in [0.05, 0.1) is 6.10 Å². The predicted octanol–water partition coefficient (Wildman–Crippen LogP) is 4.24. The van der Waals surface area contributed by atoms with Crippen LogP contribution in [0.3, 0.4) is 0 Å². The van der Waals surface area contributed by atoms with E-state index < -0.39 is 6.10 Å². The van der Waals surface area contributed by atoms with Gasteiger partial charge in [0.15, 0.2) is 5.78 Å². The molecule has 1 aliphatic rings. The number of piperidine rings is 1. The molecule has 1 heterocycles. The molecule has 0 amide bonds. The van der Waals surface area contributed by atoms with E-state index in [0.29, 0.717) is 12.5 Å². The zero-order valence-corrected chi connectivity index (χ0v) is 14.8. The number of hydrogen-bond donors (Lipinski definition) is 1. The number of ketones is 1. The van der Waals surface area contributed by atoms with Gasteiger partial charge in [-0.15, -0.1) is 0 Å². The Morgan fingerprint density at radius 2 is 1.64 bits per heavy atom. The van der Waals surface area contributed by atoms with Crippen LogP contribution in [0.2, 0.25) is 0 Å². The summed E-state index contributed by atoms with van der Waals surface area (Å²) in [4.78, 5) is 14.8. The maximum absolute atomic E-state index is 12.5. The molecule has 25 heavy (non-hydrogen) atoms. The molecule has 3 nitrogen and oxygen atoms in total. The van der Waals surface area contributed by atoms with Gasteiger partial charge in [-0.1, -0.05) is 67.1 Å². The number of aliphatic hydroxyl groups excluding tert-OH is 1. The molecule has 0 bridgehead atoms. The maximum Gasteiger partial charge on any atom is 0.164 e. The van der Waals surface area contributed by atoms with Gasteiger partial charge in [-0.3, -0.25) is 9.69 Å². The first-order valence-corrected chi connectivity index (χ1v) is 9.18. The van der Waals surface area contributed by atoms with Gasteiger partial charge >= 0.3 is 0 Å². The molecule has 1 N–H and O–H groups in total. The lowest BCUT2D eigenvalue weighted by atomic mass is 9.88. The monoisotopic (exact) mass is 337 g/mol. The SMILES string of the molecule is CN1[C@H](CC(=O)c2ccccc2)CCC[C@H]1CC(O)c1ccccc1. The third-order valence-corrected chi connectivity index (χ3v) is 5.42. The fraction of sp³-hybridized carbons (Fsp3) is 0.409. The van der Waals surface area contributed by atoms with Crippen molar-refractivity contribution in [1.29, 1.82) is 0 Å². The maximum atomic E-state index is 12.5. The Morgan fingerprint density at radius 3 is 2.32 bits per heavy atom. The van der Waals surface area contributed by atoms with Crippen LogP contribution < -0.4 is 0 Å². The van der Waals surface area contributed by atoms with Crippen molar-refractivity contribution in [3.63, 3.8) is 0 Å². The standard InChI is InChI=1S/C22H27NO2/c1-23-19(15-21(24)17-9-4-2-5-10-17)13-8-14-20(23)16-22(25)18-11-6-3-7-12-18/h2-7,9-12,19-21,24H,8,13-16H2,1H3/t19-,20-,21?/m0/s1. The van der Waals surface area contributed by atoms with Crippen molar-refractivity contribution in [3.05, 3.63) is 71.8 Å². The first kappa shape index (κ1) is 17.8. The van der Waals surface area contributed by atoms with Crippen molar-refractivity contribution < 1.29 is 9.90 Å². The zero-order valence-electron chi connectivity index (χ0n) is 14.8. The summed E-state index contributed by atoms with van der Waals surface area (Å²) in [5, 5.41) is 10.5. The summed E-state index contributed by atoms with van der Waals surface area (Å²) < 4.78 is 0. The largest absolute Gasteiger partial charge is 0.388 e. The van der Waals surface area contributed by atoms with E-state index in [-0.39, 0.29) is 11.8 Å². The third-order valence-electron chi connectivity index (χ3n) is 5.42. The van der Waals surface area contributed by atoms with Gasteiger partial charge in [-0.2, -0.15) is 0 Å². The molecule has 1 fully saturated rings. The molecule has 1 aliphatic heterocycles. The minimum atomic E-state index is -0.447. The highest BCUT2D eigenvalue weighted by Crippen LogP contribution is 2.30. The summed E-state index contributed by atoms with van der Waals surface area (Å²) >= 11 is 0. The number of likely N-dealkylation sites (tertiary alicyclic amines) is 1. The molecule has 0 aliphatic carbocycles. The molecule has 2 aromatic rings. The van der Waals surface area contributed by atoms with Crippen LogP contribution in [-0.4, -0.2) is 34.9 Å². The summed E-state index contributed by atoms with van der Waals surface area (Å²) in [7, 11) is 2.10. The summed E-state index contributed by atoms with van der Waals surface area (Å²) in [6.45, 7) is 0. The number of carbonyl (C=O) groups excluding carboxylic acids is 1. The van der Waals surface area contributed by atoms with Gasteiger partial charge in [0.25, 0.3) is 0 Å². The van der Waals surface area contributed by atoms with E-state index in [1.807, 2.05) is 60.7 Å². The van der Waals surface area contributed by atoms with E-state index in [1.54, 1.807) is 0 Å². The lowest BCUT2D eigenvalue weighted by Crippen LogP contribution is -2.45. The van der Waals surface area contributed by atoms with E-state index in [1.165, 1.54) is 0 Å². The highest BCUT2D eigenvalue weighted by Gasteiger charge is 2.30. The van der Waals surface area contributed by atoms with Crippen molar-refractivity contribution in [2.75, 3.05) is 7.05 Å². The normalized spacial score (nSPS) is 22.5. The molecule has 1 unspecified atom stereocenters. The van der Waals surface area contributed by atoms with Crippen LogP contribution in [0.1, 0.15) is 54.1 Å². The highest BCUT2D eigenvalue weighted by molar-refractivity contribution is 5.96. The fourth-order valence-corrected chi connectivity index (χ4v) is 3.85. The lowest BCUT2D eigenvalue weighted by molar-refractivity contribution is 0.0549. The van der Waals surface area contributed by atoms with Crippen molar-refractivity contribution >= 4 is 5.78 Å². The predicted molar refractivity (Wildman–Crippen MR) is 101 cm³/mol. The number of aliphatic hydroxyl groups is 1. The number of carbonyl (C=O) groups is 1. The molecule has 3 rings (SSSR count). The van der Waals surface area contributed by atoms with E-state index >= 15 is 0 Å². The highest BCUT2D eigenvalue weighted by atomic mass is 16.3. The van der Waals surface area contributed by atoms with Crippen LogP contribution in [0, 0.1) is 0 Å². The summed E-state index contributed by atoms with van der Waals surface area (Å²) in [6, 6.07) is 20.0. The van der Waals surface area contributed by atoms with E-state index in [2.05, 4.69) is 11.9 Å². The van der Waals surface area contributed by atoms with Crippen molar-refractivity contribution in [2.45, 2.75) is 50.3 Å². The molecule has 3 heteroatoms. The molecule has 132 valence electrons. The Bertz CT molecular complexity index is 671. The molecular formula is C22H27NO2. The molecule has 0 aromatic heterocycles. The minimum Gasteiger partial charge on any atom is -0.388 e. The van der Waals surface area contributed by atoms with Crippen molar-refractivity contribution in [1.82, 2.24) is 4.90 Å². The van der Waals surface area contributed by atoms with Crippen LogP contribution in [-0.2, 0) is 0 Å². The topological polar surface area (TPSA) is 40.5 Å². The molecule has 2 aromatic carbocycles. The Morgan fingerprint density at radius 1 is 1.04 bits per heavy atom. The molecule has 1 saturated heterocycles. The third kappa shape index (κ3) is 4.56. The van der Waals surface area contributed by atoms with Gasteiger partial charge in [-0.25, -0.2) is 0 Å². The van der Waals surface area contributed by atoms with Gasteiger partial charge < -0.3 is 5.11 Å². The van der Waals surface area contributed by atoms with Crippen LogP contribution in [0.25, 0.3) is 0 Å². The molecule has 0 spiro atoms. The Labute approximate surface area is 150 Å². The molecule has 0 saturated carbocycles. The number of nitrogens with zero attached hydrogens (tertiary/aromatic N) is 1. The van der Waals surface area contributed by atoms with E-state index in [0.717, 1.165) is 36.8 Å². The van der Waals surface area contributed by atoms with Gasteiger partial charge in [0.2, 0.25) is 0 Å². The lowest BCUT2D eigenvalue weighted by Gasteiger charge is -2.40. The number of rotatable bonds is 6. The zero-order chi connectivity index (χ0) is 17.6. The first-order chi connectivity index (χ1) is 12.1. The minimum absolute atomic E-state index is 0.210. The van der Waals surface area contributed by atoms with E-state index in [4.69, 9.17) is 0 Å². The summed E-state index contributed by atoms with van der Waals surface area (Å²) in [6.07, 6.45) is 4.07. The number of Topliss-reactive ketones (excluding diaryl/α,β-unsaturated/α-hetero) is 1. The van der Waals surface area contributed by atoms with Crippen LogP contribution in [0.5, 0.6) is 0 Å². The van der Waals surface area contributed by atoms with Crippen molar-refractivity contribution in [3.8, 4) is 0 Å². The van der Waals surface area contributed by atoms with Gasteiger partial charge in [0, 0.05) is 24.1 Å². The molecule has 0 radical (unpaired) electrons. The summed E-state index contributed by atoms with van der Waals surface area (Å²) in [5.41, 5.74) is 1.76. The number of hydrogen-bond acceptors (Lipinski definition) is 3. The van der Waals surface area contributed by atoms with Gasteiger partial charge in [0.1, 0.15) is 0 Å². The van der Waals surface area contributed by atoms with Gasteiger partial charge in [-0.05, 0) is 31.9 Å². The van der Waals surface area contributed by atoms with Crippen LogP contribution >= 0.6 is 0 Å². The quantitative estimate of drug-likeness (QED) is 0.802. The van der Waals surface area contributed by atoms with Crippen LogP contribution in [0.15, 0.2) is 60.7 Å². The second-order valence-corrected chi connectivity index (χ2v) is 7.06. The average molecular weight is 337 g/mol. The Balaban J connectivity index is 1.61. The average Bonchev–Trinajstić information content (AvgIpc) is 2.66. The molecular weight excluding hydrogens is 310 g/mol. The summed E-state index contributed by atoms with van der Waals surface area (Å²) in [5.74, 6) is 0.210. The van der Waals surface area contributed by atoms with Crippen molar-refractivity contribution in [2.24, 2.45) is 0 Å².